The third kappa shape index (κ3) is 5.34. The molecule has 0 aromatic heterocycles. The Bertz CT molecular complexity index is 239. The molecule has 0 unspecified atom stereocenters. The molecule has 0 aliphatic heterocycles. The lowest BCUT2D eigenvalue weighted by Gasteiger charge is -2.35. The fraction of sp³-hybridized carbons (Fsp3) is 0.900. The Morgan fingerprint density at radius 1 is 1.31 bits per heavy atom. The summed E-state index contributed by atoms with van der Waals surface area (Å²) in [4.78, 5) is 13.0. The smallest absolute Gasteiger partial charge is 0.340 e. The van der Waals surface area contributed by atoms with Crippen LogP contribution in [0.5, 0.6) is 0 Å². The van der Waals surface area contributed by atoms with Gasteiger partial charge in [0, 0.05) is 12.6 Å². The maximum absolute atomic E-state index is 11.8. The first kappa shape index (κ1) is 15.2. The zero-order chi connectivity index (χ0) is 13.0. The van der Waals surface area contributed by atoms with Crippen molar-refractivity contribution in [1.29, 1.82) is 0 Å². The van der Waals surface area contributed by atoms with Crippen LogP contribution >= 0.6 is 0 Å². The summed E-state index contributed by atoms with van der Waals surface area (Å²) in [5, 5.41) is 2.09. The van der Waals surface area contributed by atoms with Crippen LogP contribution < -0.4 is 5.32 Å². The zero-order valence-electron chi connectivity index (χ0n) is 10.1. The van der Waals surface area contributed by atoms with Crippen LogP contribution in [0.2, 0.25) is 0 Å². The normalized spacial score (nSPS) is 12.7. The summed E-state index contributed by atoms with van der Waals surface area (Å²) in [5.41, 5.74) is -0.336. The number of rotatable bonds is 5. The fourth-order valence-corrected chi connectivity index (χ4v) is 1.00. The second-order valence-electron chi connectivity index (χ2n) is 4.34. The maximum Gasteiger partial charge on any atom is 0.401 e. The van der Waals surface area contributed by atoms with E-state index in [2.05, 4.69) is 5.32 Å². The average molecular weight is 240 g/mol. The van der Waals surface area contributed by atoms with Crippen molar-refractivity contribution in [2.24, 2.45) is 0 Å². The summed E-state index contributed by atoms with van der Waals surface area (Å²) in [7, 11) is 1.60. The van der Waals surface area contributed by atoms with Crippen LogP contribution in [-0.2, 0) is 4.79 Å². The van der Waals surface area contributed by atoms with Crippen LogP contribution in [0.15, 0.2) is 0 Å². The van der Waals surface area contributed by atoms with Gasteiger partial charge in [-0.05, 0) is 20.3 Å². The number of hydrogen-bond donors (Lipinski definition) is 1. The molecule has 1 amide bonds. The molecule has 0 fully saturated rings. The molecule has 3 nitrogen and oxygen atoms in total. The summed E-state index contributed by atoms with van der Waals surface area (Å²) < 4.78 is 35.5. The van der Waals surface area contributed by atoms with Crippen molar-refractivity contribution in [3.8, 4) is 0 Å². The minimum absolute atomic E-state index is 0.292. The maximum atomic E-state index is 11.8. The molecular formula is C10H19F3N2O. The molecule has 0 aliphatic carbocycles. The molecule has 16 heavy (non-hydrogen) atoms. The first-order valence-electron chi connectivity index (χ1n) is 5.14. The van der Waals surface area contributed by atoms with Crippen molar-refractivity contribution >= 4 is 5.91 Å². The molecule has 1 N–H and O–H groups in total. The van der Waals surface area contributed by atoms with Crippen LogP contribution in [-0.4, -0.2) is 42.7 Å². The second-order valence-corrected chi connectivity index (χ2v) is 4.34. The van der Waals surface area contributed by atoms with Crippen molar-refractivity contribution in [3.63, 3.8) is 0 Å². The van der Waals surface area contributed by atoms with Gasteiger partial charge in [0.1, 0.15) is 0 Å². The molecule has 0 rings (SSSR count). The van der Waals surface area contributed by atoms with Crippen molar-refractivity contribution in [2.45, 2.75) is 38.9 Å². The summed E-state index contributed by atoms with van der Waals surface area (Å²) >= 11 is 0. The summed E-state index contributed by atoms with van der Waals surface area (Å²) in [5.74, 6) is -0.337. The van der Waals surface area contributed by atoms with Crippen molar-refractivity contribution in [3.05, 3.63) is 0 Å². The molecule has 0 atom stereocenters. The number of alkyl halides is 3. The lowest BCUT2D eigenvalue weighted by molar-refractivity contribution is -0.136. The second kappa shape index (κ2) is 5.52. The molecule has 0 heterocycles. The lowest BCUT2D eigenvalue weighted by atomic mass is 10.00. The predicted molar refractivity (Wildman–Crippen MR) is 56.1 cm³/mol. The van der Waals surface area contributed by atoms with Gasteiger partial charge in [-0.3, -0.25) is 4.79 Å². The van der Waals surface area contributed by atoms with Gasteiger partial charge in [0.25, 0.3) is 0 Å². The van der Waals surface area contributed by atoms with E-state index in [9.17, 15) is 18.0 Å². The largest absolute Gasteiger partial charge is 0.401 e. The molecule has 0 saturated heterocycles. The molecule has 0 bridgehead atoms. The topological polar surface area (TPSA) is 32.3 Å². The van der Waals surface area contributed by atoms with Gasteiger partial charge in [0.2, 0.25) is 5.91 Å². The summed E-state index contributed by atoms with van der Waals surface area (Å²) in [6.45, 7) is 4.23. The SMILES string of the molecule is CCC(C)(C)N(C)C(=O)CNCC(F)(F)F. The van der Waals surface area contributed by atoms with E-state index >= 15 is 0 Å². The fourth-order valence-electron chi connectivity index (χ4n) is 1.00. The lowest BCUT2D eigenvalue weighted by Crippen LogP contribution is -2.48. The highest BCUT2D eigenvalue weighted by Crippen LogP contribution is 2.16. The number of carbonyl (C=O) groups is 1. The Kier molecular flexibility index (Phi) is 5.25. The highest BCUT2D eigenvalue weighted by atomic mass is 19.4. The first-order chi connectivity index (χ1) is 7.10. The number of nitrogens with one attached hydrogen (secondary N) is 1. The highest BCUT2D eigenvalue weighted by Gasteiger charge is 2.28. The Hall–Kier alpha value is -0.780. The van der Waals surface area contributed by atoms with Gasteiger partial charge in [0.15, 0.2) is 0 Å². The van der Waals surface area contributed by atoms with Crippen LogP contribution in [0.1, 0.15) is 27.2 Å². The number of halogens is 3. The molecule has 96 valence electrons. The van der Waals surface area contributed by atoms with E-state index in [1.807, 2.05) is 20.8 Å². The third-order valence-corrected chi connectivity index (χ3v) is 2.75. The number of carbonyl (C=O) groups excluding carboxylic acids is 1. The van der Waals surface area contributed by atoms with Gasteiger partial charge in [-0.15, -0.1) is 0 Å². The number of nitrogens with zero attached hydrogens (tertiary/aromatic N) is 1. The minimum atomic E-state index is -4.28. The van der Waals surface area contributed by atoms with E-state index in [-0.39, 0.29) is 18.0 Å². The molecule has 0 saturated carbocycles. The molecule has 6 heteroatoms. The van der Waals surface area contributed by atoms with E-state index in [1.165, 1.54) is 4.90 Å². The van der Waals surface area contributed by atoms with Gasteiger partial charge >= 0.3 is 6.18 Å². The summed E-state index contributed by atoms with van der Waals surface area (Å²) in [6.07, 6.45) is -3.53. The molecule has 0 radical (unpaired) electrons. The quantitative estimate of drug-likeness (QED) is 0.794. The van der Waals surface area contributed by atoms with Crippen LogP contribution in [0, 0.1) is 0 Å². The Morgan fingerprint density at radius 3 is 2.19 bits per heavy atom. The predicted octanol–water partition coefficient (Wildman–Crippen LogP) is 1.79. The number of amides is 1. The van der Waals surface area contributed by atoms with E-state index in [1.54, 1.807) is 7.05 Å². The van der Waals surface area contributed by atoms with Gasteiger partial charge in [-0.25, -0.2) is 0 Å². The molecule has 0 spiro atoms. The number of likely N-dealkylation sites (N-methyl/N-ethyl adjacent to an activating group) is 1. The Morgan fingerprint density at radius 2 is 1.81 bits per heavy atom. The van der Waals surface area contributed by atoms with E-state index in [0.29, 0.717) is 0 Å². The molecular weight excluding hydrogens is 221 g/mol. The standard InChI is InChI=1S/C10H19F3N2O/c1-5-9(2,3)15(4)8(16)6-14-7-10(11,12)13/h14H,5-7H2,1-4H3. The summed E-state index contributed by atoms with van der Waals surface area (Å²) in [6, 6.07) is 0. The van der Waals surface area contributed by atoms with Gasteiger partial charge in [-0.2, -0.15) is 13.2 Å². The van der Waals surface area contributed by atoms with E-state index < -0.39 is 12.7 Å². The Balaban J connectivity index is 4.08. The van der Waals surface area contributed by atoms with Crippen LogP contribution in [0.25, 0.3) is 0 Å². The van der Waals surface area contributed by atoms with Crippen LogP contribution in [0.4, 0.5) is 13.2 Å². The zero-order valence-corrected chi connectivity index (χ0v) is 10.1. The highest BCUT2D eigenvalue weighted by molar-refractivity contribution is 5.78. The minimum Gasteiger partial charge on any atom is -0.340 e. The van der Waals surface area contributed by atoms with Gasteiger partial charge < -0.3 is 10.2 Å². The van der Waals surface area contributed by atoms with Gasteiger partial charge in [-0.1, -0.05) is 6.92 Å². The monoisotopic (exact) mass is 240 g/mol. The third-order valence-electron chi connectivity index (χ3n) is 2.75. The Labute approximate surface area is 94.0 Å². The molecule has 0 aliphatic rings. The average Bonchev–Trinajstić information content (AvgIpc) is 2.14. The van der Waals surface area contributed by atoms with E-state index in [0.717, 1.165) is 6.42 Å². The van der Waals surface area contributed by atoms with Crippen molar-refractivity contribution < 1.29 is 18.0 Å². The van der Waals surface area contributed by atoms with E-state index in [4.69, 9.17) is 0 Å². The molecule has 0 aromatic carbocycles. The first-order valence-corrected chi connectivity index (χ1v) is 5.14. The van der Waals surface area contributed by atoms with Crippen LogP contribution in [0.3, 0.4) is 0 Å². The number of hydrogen-bond acceptors (Lipinski definition) is 2. The van der Waals surface area contributed by atoms with Gasteiger partial charge in [0.05, 0.1) is 13.1 Å². The van der Waals surface area contributed by atoms with Crippen molar-refractivity contribution in [1.82, 2.24) is 10.2 Å². The van der Waals surface area contributed by atoms with Crippen molar-refractivity contribution in [2.75, 3.05) is 20.1 Å². The molecule has 0 aromatic rings.